The third-order valence-corrected chi connectivity index (χ3v) is 1.25. The molecule has 0 unspecified atom stereocenters. The molecule has 1 heterocycles. The predicted octanol–water partition coefficient (Wildman–Crippen LogP) is 0.904. The first-order chi connectivity index (χ1) is 5.51. The van der Waals surface area contributed by atoms with Crippen molar-refractivity contribution in [3.05, 3.63) is 18.0 Å². The van der Waals surface area contributed by atoms with E-state index in [9.17, 15) is 13.2 Å². The average Bonchev–Trinajstić information content (AvgIpc) is 2.32. The van der Waals surface area contributed by atoms with Crippen LogP contribution in [-0.2, 0) is 13.1 Å². The van der Waals surface area contributed by atoms with Crippen molar-refractivity contribution in [1.82, 2.24) is 9.78 Å². The van der Waals surface area contributed by atoms with E-state index in [4.69, 9.17) is 5.73 Å². The van der Waals surface area contributed by atoms with Crippen molar-refractivity contribution in [2.75, 3.05) is 0 Å². The van der Waals surface area contributed by atoms with Crippen molar-refractivity contribution in [2.24, 2.45) is 5.73 Å². The number of nitrogens with zero attached hydrogens (tertiary/aromatic N) is 2. The van der Waals surface area contributed by atoms with Gasteiger partial charge in [-0.3, -0.25) is 4.68 Å². The van der Waals surface area contributed by atoms with Crippen LogP contribution in [0.25, 0.3) is 0 Å². The molecule has 3 nitrogen and oxygen atoms in total. The maximum absolute atomic E-state index is 11.8. The summed E-state index contributed by atoms with van der Waals surface area (Å²) in [6.45, 7) is -0.905. The number of rotatable bonds is 2. The van der Waals surface area contributed by atoms with Gasteiger partial charge in [0.1, 0.15) is 6.54 Å². The molecule has 0 aliphatic carbocycles. The first kappa shape index (κ1) is 9.05. The zero-order valence-electron chi connectivity index (χ0n) is 6.17. The van der Waals surface area contributed by atoms with Gasteiger partial charge in [-0.25, -0.2) is 0 Å². The van der Waals surface area contributed by atoms with Crippen LogP contribution >= 0.6 is 0 Å². The summed E-state index contributed by atoms with van der Waals surface area (Å²) in [6, 6.07) is 1.46. The summed E-state index contributed by atoms with van der Waals surface area (Å²) in [4.78, 5) is 0. The second-order valence-corrected chi connectivity index (χ2v) is 2.32. The van der Waals surface area contributed by atoms with E-state index in [2.05, 4.69) is 5.10 Å². The SMILES string of the molecule is NCc1ccn(CC(F)(F)F)n1. The van der Waals surface area contributed by atoms with Crippen LogP contribution in [0.1, 0.15) is 5.69 Å². The first-order valence-corrected chi connectivity index (χ1v) is 3.30. The van der Waals surface area contributed by atoms with Crippen molar-refractivity contribution in [2.45, 2.75) is 19.3 Å². The van der Waals surface area contributed by atoms with E-state index in [1.165, 1.54) is 12.3 Å². The summed E-state index contributed by atoms with van der Waals surface area (Å²) in [5.74, 6) is 0. The molecule has 0 saturated carbocycles. The molecule has 0 radical (unpaired) electrons. The summed E-state index contributed by atoms with van der Waals surface area (Å²) < 4.78 is 36.1. The zero-order chi connectivity index (χ0) is 9.19. The summed E-state index contributed by atoms with van der Waals surface area (Å²) in [5.41, 5.74) is 5.63. The Kier molecular flexibility index (Phi) is 2.37. The Labute approximate surface area is 67.0 Å². The van der Waals surface area contributed by atoms with Crippen molar-refractivity contribution in [3.63, 3.8) is 0 Å². The zero-order valence-corrected chi connectivity index (χ0v) is 6.17. The molecule has 1 aromatic heterocycles. The van der Waals surface area contributed by atoms with E-state index < -0.39 is 12.7 Å². The van der Waals surface area contributed by atoms with Crippen LogP contribution in [-0.4, -0.2) is 16.0 Å². The molecule has 6 heteroatoms. The van der Waals surface area contributed by atoms with E-state index in [1.807, 2.05) is 0 Å². The molecule has 0 aliphatic rings. The highest BCUT2D eigenvalue weighted by Gasteiger charge is 2.28. The molecule has 0 bridgehead atoms. The van der Waals surface area contributed by atoms with Gasteiger partial charge in [-0.2, -0.15) is 18.3 Å². The van der Waals surface area contributed by atoms with Crippen LogP contribution in [0.4, 0.5) is 13.2 Å². The van der Waals surface area contributed by atoms with Gasteiger partial charge in [-0.1, -0.05) is 0 Å². The van der Waals surface area contributed by atoms with Gasteiger partial charge in [0, 0.05) is 12.7 Å². The van der Waals surface area contributed by atoms with Gasteiger partial charge in [0.2, 0.25) is 0 Å². The van der Waals surface area contributed by atoms with Gasteiger partial charge < -0.3 is 5.73 Å². The van der Waals surface area contributed by atoms with E-state index in [1.54, 1.807) is 0 Å². The molecule has 1 rings (SSSR count). The lowest BCUT2D eigenvalue weighted by molar-refractivity contribution is -0.142. The summed E-state index contributed by atoms with van der Waals surface area (Å²) >= 11 is 0. The van der Waals surface area contributed by atoms with Gasteiger partial charge in [-0.15, -0.1) is 0 Å². The Morgan fingerprint density at radius 2 is 2.17 bits per heavy atom. The number of nitrogens with two attached hydrogens (primary N) is 1. The highest BCUT2D eigenvalue weighted by molar-refractivity contribution is 4.97. The largest absolute Gasteiger partial charge is 0.408 e. The topological polar surface area (TPSA) is 43.8 Å². The van der Waals surface area contributed by atoms with Crippen LogP contribution in [0.2, 0.25) is 0 Å². The van der Waals surface area contributed by atoms with Crippen LogP contribution < -0.4 is 5.73 Å². The van der Waals surface area contributed by atoms with Crippen LogP contribution in [0.5, 0.6) is 0 Å². The number of hydrogen-bond donors (Lipinski definition) is 1. The maximum Gasteiger partial charge on any atom is 0.408 e. The highest BCUT2D eigenvalue weighted by atomic mass is 19.4. The van der Waals surface area contributed by atoms with Crippen molar-refractivity contribution < 1.29 is 13.2 Å². The second-order valence-electron chi connectivity index (χ2n) is 2.32. The van der Waals surface area contributed by atoms with Crippen molar-refractivity contribution >= 4 is 0 Å². The minimum Gasteiger partial charge on any atom is -0.325 e. The molecule has 0 aromatic carbocycles. The Morgan fingerprint density at radius 3 is 2.58 bits per heavy atom. The van der Waals surface area contributed by atoms with Gasteiger partial charge in [0.15, 0.2) is 0 Å². The maximum atomic E-state index is 11.8. The molecular weight excluding hydrogens is 171 g/mol. The van der Waals surface area contributed by atoms with Crippen LogP contribution in [0, 0.1) is 0 Å². The van der Waals surface area contributed by atoms with Gasteiger partial charge in [-0.05, 0) is 6.07 Å². The lowest BCUT2D eigenvalue weighted by Gasteiger charge is -2.04. The fourth-order valence-electron chi connectivity index (χ4n) is 0.784. The van der Waals surface area contributed by atoms with Crippen LogP contribution in [0.15, 0.2) is 12.3 Å². The number of hydrogen-bond acceptors (Lipinski definition) is 2. The molecule has 12 heavy (non-hydrogen) atoms. The Hall–Kier alpha value is -1.04. The molecule has 68 valence electrons. The van der Waals surface area contributed by atoms with Crippen molar-refractivity contribution in [3.8, 4) is 0 Å². The predicted molar refractivity (Wildman–Crippen MR) is 36.2 cm³/mol. The molecule has 0 amide bonds. The van der Waals surface area contributed by atoms with Gasteiger partial charge >= 0.3 is 6.18 Å². The summed E-state index contributed by atoms with van der Waals surface area (Å²) in [5, 5.41) is 3.59. The number of aromatic nitrogens is 2. The van der Waals surface area contributed by atoms with Crippen LogP contribution in [0.3, 0.4) is 0 Å². The van der Waals surface area contributed by atoms with Crippen molar-refractivity contribution in [1.29, 1.82) is 0 Å². The average molecular weight is 179 g/mol. The monoisotopic (exact) mass is 179 g/mol. The van der Waals surface area contributed by atoms with E-state index in [0.29, 0.717) is 5.69 Å². The van der Waals surface area contributed by atoms with E-state index in [-0.39, 0.29) is 6.54 Å². The fourth-order valence-corrected chi connectivity index (χ4v) is 0.784. The normalized spacial score (nSPS) is 12.0. The third kappa shape index (κ3) is 2.54. The minimum absolute atomic E-state index is 0.158. The molecule has 2 N–H and O–H groups in total. The van der Waals surface area contributed by atoms with E-state index >= 15 is 0 Å². The summed E-state index contributed by atoms with van der Waals surface area (Å²) in [6.07, 6.45) is -2.96. The smallest absolute Gasteiger partial charge is 0.325 e. The Bertz CT molecular complexity index is 253. The Balaban J connectivity index is 2.64. The standard InChI is InChI=1S/C6H8F3N3/c7-6(8,9)4-12-2-1-5(3-10)11-12/h1-2H,3-4,10H2. The number of alkyl halides is 3. The Morgan fingerprint density at radius 1 is 1.50 bits per heavy atom. The minimum atomic E-state index is -4.22. The quantitative estimate of drug-likeness (QED) is 0.733. The first-order valence-electron chi connectivity index (χ1n) is 3.30. The highest BCUT2D eigenvalue weighted by Crippen LogP contribution is 2.16. The lowest BCUT2D eigenvalue weighted by atomic mass is 10.4. The molecule has 0 atom stereocenters. The lowest BCUT2D eigenvalue weighted by Crippen LogP contribution is -2.18. The molecule has 0 aliphatic heterocycles. The van der Waals surface area contributed by atoms with E-state index in [0.717, 1.165) is 4.68 Å². The summed E-state index contributed by atoms with van der Waals surface area (Å²) in [7, 11) is 0. The molecule has 0 spiro atoms. The van der Waals surface area contributed by atoms with Gasteiger partial charge in [0.25, 0.3) is 0 Å². The molecule has 0 saturated heterocycles. The fraction of sp³-hybridized carbons (Fsp3) is 0.500. The van der Waals surface area contributed by atoms with Gasteiger partial charge in [0.05, 0.1) is 5.69 Å². The third-order valence-electron chi connectivity index (χ3n) is 1.25. The number of halogens is 3. The second kappa shape index (κ2) is 3.14. The molecular formula is C6H8F3N3. The molecule has 0 fully saturated rings. The molecule has 1 aromatic rings.